The molecule has 0 saturated carbocycles. The van der Waals surface area contributed by atoms with E-state index < -0.39 is 48.3 Å². The lowest BCUT2D eigenvalue weighted by atomic mass is 10.0. The van der Waals surface area contributed by atoms with Gasteiger partial charge in [-0.1, -0.05) is 0 Å². The molecule has 0 aromatic heterocycles. The van der Waals surface area contributed by atoms with E-state index in [9.17, 15) is 31.1 Å². The van der Waals surface area contributed by atoms with Crippen molar-refractivity contribution in [3.63, 3.8) is 0 Å². The van der Waals surface area contributed by atoms with Crippen LogP contribution in [0.5, 0.6) is 0 Å². The highest BCUT2D eigenvalue weighted by atomic mass is 19.4. The second-order valence-corrected chi connectivity index (χ2v) is 5.37. The van der Waals surface area contributed by atoms with Gasteiger partial charge in [-0.25, -0.2) is 4.79 Å². The Morgan fingerprint density at radius 1 is 1.00 bits per heavy atom. The number of carbonyl (C=O) groups is 1. The molecule has 1 heterocycles. The fourth-order valence-electron chi connectivity index (χ4n) is 2.26. The van der Waals surface area contributed by atoms with Crippen LogP contribution in [0.4, 0.5) is 31.1 Å². The van der Waals surface area contributed by atoms with E-state index in [1.807, 2.05) is 0 Å². The molecule has 2 rings (SSSR count). The Hall–Kier alpha value is -1.93. The van der Waals surface area contributed by atoms with Gasteiger partial charge in [-0.3, -0.25) is 4.90 Å². The number of benzene rings is 1. The molecular weight excluding hydrogens is 328 g/mol. The molecule has 3 nitrogen and oxygen atoms in total. The van der Waals surface area contributed by atoms with Gasteiger partial charge in [-0.2, -0.15) is 26.3 Å². The fourth-order valence-corrected chi connectivity index (χ4v) is 2.26. The quantitative estimate of drug-likeness (QED) is 0.744. The summed E-state index contributed by atoms with van der Waals surface area (Å²) in [5, 5.41) is 0. The maximum absolute atomic E-state index is 12.8. The van der Waals surface area contributed by atoms with Crippen molar-refractivity contribution in [3.05, 3.63) is 34.9 Å². The third kappa shape index (κ3) is 3.70. The minimum absolute atomic E-state index is 0.0534. The third-order valence-corrected chi connectivity index (χ3v) is 3.69. The van der Waals surface area contributed by atoms with E-state index in [0.717, 1.165) is 4.90 Å². The number of alkyl halides is 6. The summed E-state index contributed by atoms with van der Waals surface area (Å²) in [6.45, 7) is 2.81. The normalized spacial score (nSPS) is 22.4. The topological polar surface area (TPSA) is 29.5 Å². The number of nitrogens with zero attached hydrogens (tertiary/aromatic N) is 1. The molecule has 0 N–H and O–H groups in total. The molecule has 1 fully saturated rings. The largest absolute Gasteiger partial charge is 0.444 e. The number of rotatable bonds is 2. The van der Waals surface area contributed by atoms with Crippen LogP contribution in [0, 0.1) is 0 Å². The zero-order valence-electron chi connectivity index (χ0n) is 12.1. The lowest BCUT2D eigenvalue weighted by Crippen LogP contribution is -2.32. The van der Waals surface area contributed by atoms with E-state index in [4.69, 9.17) is 4.74 Å². The first-order valence-corrected chi connectivity index (χ1v) is 6.65. The minimum Gasteiger partial charge on any atom is -0.444 e. The maximum atomic E-state index is 12.8. The lowest BCUT2D eigenvalue weighted by Gasteiger charge is -2.21. The van der Waals surface area contributed by atoms with Crippen molar-refractivity contribution in [3.8, 4) is 0 Å². The highest BCUT2D eigenvalue weighted by Gasteiger charge is 2.39. The zero-order valence-corrected chi connectivity index (χ0v) is 12.1. The molecule has 0 spiro atoms. The van der Waals surface area contributed by atoms with E-state index in [1.165, 1.54) is 0 Å². The number of cyclic esters (lactones) is 1. The smallest absolute Gasteiger partial charge is 0.416 e. The molecule has 1 saturated heterocycles. The molecule has 1 aromatic rings. The molecule has 1 amide bonds. The highest BCUT2D eigenvalue weighted by Crippen LogP contribution is 2.37. The van der Waals surface area contributed by atoms with Gasteiger partial charge in [0.15, 0.2) is 0 Å². The highest BCUT2D eigenvalue weighted by molar-refractivity contribution is 5.70. The molecule has 0 bridgehead atoms. The standard InChI is InChI=1S/C14H13F6NO2/c1-7-8(2)23-12(22)21(7)6-9-3-10(13(15,16)17)5-11(4-9)14(18,19)20/h3-5,7-8H,6H2,1-2H3/t7-,8+/m0/s1. The predicted octanol–water partition coefficient (Wildman–Crippen LogP) is 4.45. The van der Waals surface area contributed by atoms with Gasteiger partial charge in [0.1, 0.15) is 6.10 Å². The molecule has 23 heavy (non-hydrogen) atoms. The molecule has 2 atom stereocenters. The molecule has 1 aromatic carbocycles. The Morgan fingerprint density at radius 3 is 1.83 bits per heavy atom. The van der Waals surface area contributed by atoms with Crippen molar-refractivity contribution in [1.82, 2.24) is 4.90 Å². The lowest BCUT2D eigenvalue weighted by molar-refractivity contribution is -0.143. The first-order valence-electron chi connectivity index (χ1n) is 6.65. The second-order valence-electron chi connectivity index (χ2n) is 5.37. The summed E-state index contributed by atoms with van der Waals surface area (Å²) < 4.78 is 81.7. The van der Waals surface area contributed by atoms with Crippen LogP contribution < -0.4 is 0 Å². The molecule has 0 radical (unpaired) electrons. The molecule has 128 valence electrons. The van der Waals surface area contributed by atoms with Crippen molar-refractivity contribution in [2.24, 2.45) is 0 Å². The first kappa shape index (κ1) is 17.4. The Kier molecular flexibility index (Phi) is 4.25. The third-order valence-electron chi connectivity index (χ3n) is 3.69. The van der Waals surface area contributed by atoms with Gasteiger partial charge < -0.3 is 4.74 Å². The van der Waals surface area contributed by atoms with Crippen molar-refractivity contribution >= 4 is 6.09 Å². The van der Waals surface area contributed by atoms with Gasteiger partial charge in [0, 0.05) is 6.54 Å². The molecule has 1 aliphatic heterocycles. The van der Waals surface area contributed by atoms with Crippen molar-refractivity contribution in [1.29, 1.82) is 0 Å². The first-order chi connectivity index (χ1) is 10.4. The monoisotopic (exact) mass is 341 g/mol. The van der Waals surface area contributed by atoms with Gasteiger partial charge in [-0.05, 0) is 37.6 Å². The summed E-state index contributed by atoms with van der Waals surface area (Å²) in [7, 11) is 0. The number of amides is 1. The second kappa shape index (κ2) is 5.61. The summed E-state index contributed by atoms with van der Waals surface area (Å²) in [5.41, 5.74) is -3.07. The maximum Gasteiger partial charge on any atom is 0.416 e. The molecule has 0 aliphatic carbocycles. The number of carbonyl (C=O) groups excluding carboxylic acids is 1. The number of halogens is 6. The Labute approximate surface area is 127 Å². The van der Waals surface area contributed by atoms with Crippen LogP contribution in [0.1, 0.15) is 30.5 Å². The van der Waals surface area contributed by atoms with Crippen molar-refractivity contribution < 1.29 is 35.9 Å². The SMILES string of the molecule is C[C@H]1OC(=O)N(Cc2cc(C(F)(F)F)cc(C(F)(F)F)c2)[C@H]1C. The van der Waals surface area contributed by atoms with Crippen LogP contribution in [-0.4, -0.2) is 23.1 Å². The van der Waals surface area contributed by atoms with Gasteiger partial charge in [0.25, 0.3) is 0 Å². The molecule has 0 unspecified atom stereocenters. The number of hydrogen-bond acceptors (Lipinski definition) is 2. The molecule has 9 heteroatoms. The van der Waals surface area contributed by atoms with Gasteiger partial charge in [-0.15, -0.1) is 0 Å². The summed E-state index contributed by atoms with van der Waals surface area (Å²) in [5.74, 6) is 0. The zero-order chi connectivity index (χ0) is 17.6. The van der Waals surface area contributed by atoms with Crippen LogP contribution in [-0.2, 0) is 23.6 Å². The predicted molar refractivity (Wildman–Crippen MR) is 67.4 cm³/mol. The number of hydrogen-bond donors (Lipinski definition) is 0. The van der Waals surface area contributed by atoms with Crippen LogP contribution in [0.2, 0.25) is 0 Å². The van der Waals surface area contributed by atoms with E-state index in [2.05, 4.69) is 0 Å². The van der Waals surface area contributed by atoms with E-state index in [-0.39, 0.29) is 11.6 Å². The van der Waals surface area contributed by atoms with Crippen LogP contribution in [0.3, 0.4) is 0 Å². The summed E-state index contributed by atoms with van der Waals surface area (Å²) in [4.78, 5) is 12.7. The van der Waals surface area contributed by atoms with Crippen LogP contribution >= 0.6 is 0 Å². The van der Waals surface area contributed by atoms with Crippen molar-refractivity contribution in [2.45, 2.75) is 44.9 Å². The molecular formula is C14H13F6NO2. The fraction of sp³-hybridized carbons (Fsp3) is 0.500. The average molecular weight is 341 g/mol. The van der Waals surface area contributed by atoms with Crippen LogP contribution in [0.15, 0.2) is 18.2 Å². The van der Waals surface area contributed by atoms with Crippen molar-refractivity contribution in [2.75, 3.05) is 0 Å². The summed E-state index contributed by atoms with van der Waals surface area (Å²) in [6, 6.07) is 0.820. The average Bonchev–Trinajstić information content (AvgIpc) is 2.63. The Bertz CT molecular complexity index is 578. The van der Waals surface area contributed by atoms with E-state index in [0.29, 0.717) is 12.1 Å². The number of ether oxygens (including phenoxy) is 1. The summed E-state index contributed by atoms with van der Waals surface area (Å²) in [6.07, 6.45) is -11.1. The van der Waals surface area contributed by atoms with Gasteiger partial charge in [0.2, 0.25) is 0 Å². The van der Waals surface area contributed by atoms with E-state index >= 15 is 0 Å². The van der Waals surface area contributed by atoms with Gasteiger partial charge >= 0.3 is 18.4 Å². The van der Waals surface area contributed by atoms with E-state index in [1.54, 1.807) is 13.8 Å². The Balaban J connectivity index is 2.40. The Morgan fingerprint density at radius 2 is 1.48 bits per heavy atom. The van der Waals surface area contributed by atoms with Gasteiger partial charge in [0.05, 0.1) is 17.2 Å². The minimum atomic E-state index is -4.92. The van der Waals surface area contributed by atoms with Crippen LogP contribution in [0.25, 0.3) is 0 Å². The molecule has 1 aliphatic rings. The summed E-state index contributed by atoms with van der Waals surface area (Å²) >= 11 is 0.